The van der Waals surface area contributed by atoms with Crippen LogP contribution in [0, 0.1) is 0 Å². The number of hydrogen-bond donors (Lipinski definition) is 2. The first kappa shape index (κ1) is 11.6. The third kappa shape index (κ3) is 3.03. The van der Waals surface area contributed by atoms with Crippen LogP contribution in [0.3, 0.4) is 0 Å². The normalized spacial score (nSPS) is 11.2. The minimum atomic E-state index is -1.44. The number of aliphatic hydroxyl groups excluding tert-OH is 1. The van der Waals surface area contributed by atoms with Crippen molar-refractivity contribution in [3.63, 3.8) is 0 Å². The first-order valence-electron chi connectivity index (χ1n) is 5.45. The number of rotatable bonds is 3. The zero-order chi connectivity index (χ0) is 12.1. The van der Waals surface area contributed by atoms with Gasteiger partial charge in [-0.2, -0.15) is 0 Å². The van der Waals surface area contributed by atoms with Gasteiger partial charge in [0.2, 0.25) is 0 Å². The third-order valence-electron chi connectivity index (χ3n) is 2.53. The van der Waals surface area contributed by atoms with E-state index in [-0.39, 0.29) is 0 Å². The van der Waals surface area contributed by atoms with Gasteiger partial charge in [-0.05, 0) is 11.1 Å². The van der Waals surface area contributed by atoms with Gasteiger partial charge in [0.1, 0.15) is 0 Å². The SMILES string of the molecule is OC(O)c1ccccc1/C=C/c1ccccc1. The molecular weight excluding hydrogens is 212 g/mol. The van der Waals surface area contributed by atoms with E-state index in [2.05, 4.69) is 0 Å². The second kappa shape index (κ2) is 5.43. The Morgan fingerprint density at radius 2 is 1.41 bits per heavy atom. The Balaban J connectivity index is 2.27. The molecule has 0 amide bonds. The van der Waals surface area contributed by atoms with E-state index in [1.807, 2.05) is 54.6 Å². The van der Waals surface area contributed by atoms with Crippen molar-refractivity contribution in [3.05, 3.63) is 71.3 Å². The lowest BCUT2D eigenvalue weighted by atomic mass is 10.1. The molecule has 2 aromatic carbocycles. The largest absolute Gasteiger partial charge is 0.364 e. The molecule has 86 valence electrons. The highest BCUT2D eigenvalue weighted by Gasteiger charge is 2.05. The van der Waals surface area contributed by atoms with Gasteiger partial charge in [0, 0.05) is 5.56 Å². The molecule has 2 heteroatoms. The Kier molecular flexibility index (Phi) is 3.70. The summed E-state index contributed by atoms with van der Waals surface area (Å²) in [5.74, 6) is 0. The second-order valence-corrected chi connectivity index (χ2v) is 3.75. The molecule has 0 heterocycles. The maximum Gasteiger partial charge on any atom is 0.179 e. The van der Waals surface area contributed by atoms with Gasteiger partial charge < -0.3 is 10.2 Å². The lowest BCUT2D eigenvalue weighted by molar-refractivity contribution is -0.0426. The van der Waals surface area contributed by atoms with E-state index in [0.717, 1.165) is 11.1 Å². The van der Waals surface area contributed by atoms with Crippen LogP contribution in [0.2, 0.25) is 0 Å². The van der Waals surface area contributed by atoms with Crippen molar-refractivity contribution in [1.29, 1.82) is 0 Å². The molecule has 0 aromatic heterocycles. The van der Waals surface area contributed by atoms with Crippen LogP contribution >= 0.6 is 0 Å². The molecule has 2 nitrogen and oxygen atoms in total. The maximum atomic E-state index is 9.22. The molecule has 0 atom stereocenters. The average molecular weight is 226 g/mol. The van der Waals surface area contributed by atoms with Crippen LogP contribution < -0.4 is 0 Å². The smallest absolute Gasteiger partial charge is 0.179 e. The van der Waals surface area contributed by atoms with Crippen LogP contribution in [0.4, 0.5) is 0 Å². The third-order valence-corrected chi connectivity index (χ3v) is 2.53. The molecule has 2 rings (SSSR count). The molecule has 0 aliphatic carbocycles. The van der Waals surface area contributed by atoms with E-state index in [0.29, 0.717) is 5.56 Å². The van der Waals surface area contributed by atoms with Gasteiger partial charge in [-0.15, -0.1) is 0 Å². The Morgan fingerprint density at radius 1 is 0.765 bits per heavy atom. The molecule has 0 saturated carbocycles. The molecule has 17 heavy (non-hydrogen) atoms. The van der Waals surface area contributed by atoms with Crippen LogP contribution in [-0.4, -0.2) is 10.2 Å². The number of aliphatic hydroxyl groups is 2. The molecular formula is C15H14O2. The fraction of sp³-hybridized carbons (Fsp3) is 0.0667. The van der Waals surface area contributed by atoms with Gasteiger partial charge in [-0.3, -0.25) is 0 Å². The molecule has 0 fully saturated rings. The van der Waals surface area contributed by atoms with Crippen LogP contribution in [0.15, 0.2) is 54.6 Å². The summed E-state index contributed by atoms with van der Waals surface area (Å²) < 4.78 is 0. The van der Waals surface area contributed by atoms with Crippen molar-refractivity contribution < 1.29 is 10.2 Å². The molecule has 2 aromatic rings. The lowest BCUT2D eigenvalue weighted by Gasteiger charge is -2.07. The van der Waals surface area contributed by atoms with Gasteiger partial charge in [0.25, 0.3) is 0 Å². The van der Waals surface area contributed by atoms with Crippen molar-refractivity contribution in [3.8, 4) is 0 Å². The highest BCUT2D eigenvalue weighted by Crippen LogP contribution is 2.18. The molecule has 0 aliphatic rings. The van der Waals surface area contributed by atoms with Crippen LogP contribution in [-0.2, 0) is 0 Å². The van der Waals surface area contributed by atoms with Crippen molar-refractivity contribution >= 4 is 12.2 Å². The number of hydrogen-bond acceptors (Lipinski definition) is 2. The van der Waals surface area contributed by atoms with Crippen molar-refractivity contribution in [1.82, 2.24) is 0 Å². The number of benzene rings is 2. The molecule has 0 aliphatic heterocycles. The second-order valence-electron chi connectivity index (χ2n) is 3.75. The first-order chi connectivity index (χ1) is 8.27. The predicted molar refractivity (Wildman–Crippen MR) is 69.0 cm³/mol. The fourth-order valence-electron chi connectivity index (χ4n) is 1.65. The molecule has 2 N–H and O–H groups in total. The van der Waals surface area contributed by atoms with Crippen molar-refractivity contribution in [2.45, 2.75) is 6.29 Å². The summed E-state index contributed by atoms with van der Waals surface area (Å²) in [7, 11) is 0. The highest BCUT2D eigenvalue weighted by atomic mass is 16.5. The zero-order valence-electron chi connectivity index (χ0n) is 9.32. The summed E-state index contributed by atoms with van der Waals surface area (Å²) >= 11 is 0. The Morgan fingerprint density at radius 3 is 2.12 bits per heavy atom. The van der Waals surface area contributed by atoms with E-state index in [1.165, 1.54) is 0 Å². The standard InChI is InChI=1S/C15H14O2/c16-15(17)14-9-5-4-8-13(14)11-10-12-6-2-1-3-7-12/h1-11,15-17H/b11-10+. The minimum absolute atomic E-state index is 0.514. The van der Waals surface area contributed by atoms with Crippen molar-refractivity contribution in [2.24, 2.45) is 0 Å². The molecule has 0 bridgehead atoms. The molecule has 0 unspecified atom stereocenters. The van der Waals surface area contributed by atoms with E-state index >= 15 is 0 Å². The van der Waals surface area contributed by atoms with Gasteiger partial charge in [0.05, 0.1) is 0 Å². The van der Waals surface area contributed by atoms with Crippen molar-refractivity contribution in [2.75, 3.05) is 0 Å². The summed E-state index contributed by atoms with van der Waals surface area (Å²) in [6.07, 6.45) is 2.39. The fourth-order valence-corrected chi connectivity index (χ4v) is 1.65. The van der Waals surface area contributed by atoms with Crippen LogP contribution in [0.25, 0.3) is 12.2 Å². The predicted octanol–water partition coefficient (Wildman–Crippen LogP) is 2.84. The Labute approximate surface area is 100 Å². The average Bonchev–Trinajstić information content (AvgIpc) is 2.38. The van der Waals surface area contributed by atoms with Crippen LogP contribution in [0.5, 0.6) is 0 Å². The Hall–Kier alpha value is -1.90. The van der Waals surface area contributed by atoms with E-state index in [4.69, 9.17) is 0 Å². The van der Waals surface area contributed by atoms with E-state index < -0.39 is 6.29 Å². The van der Waals surface area contributed by atoms with Gasteiger partial charge >= 0.3 is 0 Å². The quantitative estimate of drug-likeness (QED) is 0.624. The molecule has 0 spiro atoms. The highest BCUT2D eigenvalue weighted by molar-refractivity contribution is 5.71. The van der Waals surface area contributed by atoms with Gasteiger partial charge in [-0.1, -0.05) is 66.7 Å². The van der Waals surface area contributed by atoms with Crippen LogP contribution in [0.1, 0.15) is 23.0 Å². The van der Waals surface area contributed by atoms with Gasteiger partial charge in [0.15, 0.2) is 6.29 Å². The Bertz CT molecular complexity index is 501. The first-order valence-corrected chi connectivity index (χ1v) is 5.45. The van der Waals surface area contributed by atoms with E-state index in [1.54, 1.807) is 12.1 Å². The monoisotopic (exact) mass is 226 g/mol. The maximum absolute atomic E-state index is 9.22. The van der Waals surface area contributed by atoms with E-state index in [9.17, 15) is 10.2 Å². The summed E-state index contributed by atoms with van der Waals surface area (Å²) in [4.78, 5) is 0. The van der Waals surface area contributed by atoms with Gasteiger partial charge in [-0.25, -0.2) is 0 Å². The molecule has 0 radical (unpaired) electrons. The lowest BCUT2D eigenvalue weighted by Crippen LogP contribution is -1.97. The summed E-state index contributed by atoms with van der Waals surface area (Å²) in [6.45, 7) is 0. The summed E-state index contributed by atoms with van der Waals surface area (Å²) in [6, 6.07) is 17.1. The topological polar surface area (TPSA) is 40.5 Å². The molecule has 0 saturated heterocycles. The minimum Gasteiger partial charge on any atom is -0.364 e. The summed E-state index contributed by atoms with van der Waals surface area (Å²) in [5, 5.41) is 18.4. The zero-order valence-corrected chi connectivity index (χ0v) is 9.32. The summed E-state index contributed by atoms with van der Waals surface area (Å²) in [5.41, 5.74) is 2.40.